The molecule has 1 saturated heterocycles. The molecule has 1 aromatic heterocycles. The molecule has 2 aromatic rings. The van der Waals surface area contributed by atoms with Crippen LogP contribution in [0, 0.1) is 5.92 Å². The van der Waals surface area contributed by atoms with Gasteiger partial charge in [0.05, 0.1) is 12.0 Å². The van der Waals surface area contributed by atoms with Crippen molar-refractivity contribution >= 4 is 34.9 Å². The largest absolute Gasteiger partial charge is 0.340 e. The van der Waals surface area contributed by atoms with Gasteiger partial charge in [0.2, 0.25) is 5.91 Å². The number of hydrogen-bond acceptors (Lipinski definition) is 4. The maximum absolute atomic E-state index is 13.7. The van der Waals surface area contributed by atoms with Gasteiger partial charge in [-0.1, -0.05) is 38.1 Å². The van der Waals surface area contributed by atoms with E-state index in [9.17, 15) is 9.59 Å². The molecular weight excluding hydrogens is 388 g/mol. The zero-order valence-corrected chi connectivity index (χ0v) is 18.0. The average molecular weight is 415 g/mol. The van der Waals surface area contributed by atoms with Crippen molar-refractivity contribution in [2.24, 2.45) is 5.92 Å². The minimum absolute atomic E-state index is 0.0425. The first-order chi connectivity index (χ1) is 13.6. The van der Waals surface area contributed by atoms with E-state index < -0.39 is 0 Å². The summed E-state index contributed by atoms with van der Waals surface area (Å²) in [6.45, 7) is 6.47. The predicted octanol–water partition coefficient (Wildman–Crippen LogP) is 4.26. The van der Waals surface area contributed by atoms with Crippen LogP contribution in [-0.4, -0.2) is 52.8 Å². The Morgan fingerprint density at radius 3 is 2.57 bits per heavy atom. The Labute approximate surface area is 174 Å². The van der Waals surface area contributed by atoms with Crippen molar-refractivity contribution in [3.05, 3.63) is 57.8 Å². The van der Waals surface area contributed by atoms with Gasteiger partial charge in [-0.2, -0.15) is 11.8 Å². The third kappa shape index (κ3) is 3.60. The highest BCUT2D eigenvalue weighted by atomic mass is 32.2. The van der Waals surface area contributed by atoms with Crippen molar-refractivity contribution in [3.63, 3.8) is 0 Å². The van der Waals surface area contributed by atoms with E-state index in [4.69, 9.17) is 0 Å². The van der Waals surface area contributed by atoms with Crippen molar-refractivity contribution < 1.29 is 9.59 Å². The van der Waals surface area contributed by atoms with Gasteiger partial charge in [-0.3, -0.25) is 9.59 Å². The second kappa shape index (κ2) is 8.29. The van der Waals surface area contributed by atoms with E-state index in [0.29, 0.717) is 18.0 Å². The highest BCUT2D eigenvalue weighted by molar-refractivity contribution is 7.99. The molecule has 4 nitrogen and oxygen atoms in total. The third-order valence-corrected chi connectivity index (χ3v) is 7.31. The van der Waals surface area contributed by atoms with Crippen LogP contribution in [0.3, 0.4) is 0 Å². The van der Waals surface area contributed by atoms with Crippen LogP contribution in [0.2, 0.25) is 0 Å². The number of carbonyl (C=O) groups is 2. The number of fused-ring (bicyclic) bond motifs is 1. The van der Waals surface area contributed by atoms with Gasteiger partial charge < -0.3 is 9.80 Å². The Morgan fingerprint density at radius 2 is 1.89 bits per heavy atom. The normalized spacial score (nSPS) is 22.5. The first-order valence-corrected chi connectivity index (χ1v) is 11.9. The molecule has 1 fully saturated rings. The molecule has 2 atom stereocenters. The van der Waals surface area contributed by atoms with Crippen molar-refractivity contribution in [2.75, 3.05) is 31.1 Å². The molecule has 0 aliphatic carbocycles. The van der Waals surface area contributed by atoms with Crippen LogP contribution >= 0.6 is 23.1 Å². The van der Waals surface area contributed by atoms with Gasteiger partial charge in [-0.25, -0.2) is 0 Å². The second-order valence-electron chi connectivity index (χ2n) is 7.81. The molecular formula is C22H26N2O2S2. The Balaban J connectivity index is 1.83. The molecule has 2 aliphatic rings. The zero-order valence-electron chi connectivity index (χ0n) is 16.3. The number of amides is 2. The lowest BCUT2D eigenvalue weighted by atomic mass is 9.80. The Morgan fingerprint density at radius 1 is 1.14 bits per heavy atom. The number of benzene rings is 1. The summed E-state index contributed by atoms with van der Waals surface area (Å²) in [5.41, 5.74) is 1.56. The zero-order chi connectivity index (χ0) is 19.7. The van der Waals surface area contributed by atoms with Gasteiger partial charge in [-0.15, -0.1) is 11.3 Å². The smallest absolute Gasteiger partial charge is 0.254 e. The SMILES string of the molecule is CC(C)CN1C(=O)c2ccccc2C(C(=O)N2CCSCC2)C1c1cccs1. The van der Waals surface area contributed by atoms with Crippen LogP contribution in [0.1, 0.15) is 46.6 Å². The van der Waals surface area contributed by atoms with Crippen molar-refractivity contribution in [1.82, 2.24) is 9.80 Å². The fourth-order valence-electron chi connectivity index (χ4n) is 4.21. The van der Waals surface area contributed by atoms with Gasteiger partial charge in [0.15, 0.2) is 0 Å². The summed E-state index contributed by atoms with van der Waals surface area (Å²) in [6, 6.07) is 11.5. The minimum atomic E-state index is -0.339. The van der Waals surface area contributed by atoms with Crippen LogP contribution in [0.4, 0.5) is 0 Å². The van der Waals surface area contributed by atoms with Crippen molar-refractivity contribution in [1.29, 1.82) is 0 Å². The van der Waals surface area contributed by atoms with Gasteiger partial charge in [0.1, 0.15) is 0 Å². The topological polar surface area (TPSA) is 40.6 Å². The van der Waals surface area contributed by atoms with E-state index in [1.165, 1.54) is 0 Å². The van der Waals surface area contributed by atoms with E-state index in [2.05, 4.69) is 19.9 Å². The number of rotatable bonds is 4. The fourth-order valence-corrected chi connectivity index (χ4v) is 5.99. The third-order valence-electron chi connectivity index (χ3n) is 5.42. The van der Waals surface area contributed by atoms with Gasteiger partial charge in [-0.05, 0) is 29.0 Å². The molecule has 0 saturated carbocycles. The summed E-state index contributed by atoms with van der Waals surface area (Å²) in [6.07, 6.45) is 0. The molecule has 0 spiro atoms. The van der Waals surface area contributed by atoms with Gasteiger partial charge >= 0.3 is 0 Å². The lowest BCUT2D eigenvalue weighted by molar-refractivity contribution is -0.134. The molecule has 148 valence electrons. The molecule has 6 heteroatoms. The summed E-state index contributed by atoms with van der Waals surface area (Å²) >= 11 is 3.54. The number of carbonyl (C=O) groups excluding carboxylic acids is 2. The molecule has 4 rings (SSSR count). The number of nitrogens with zero attached hydrogens (tertiary/aromatic N) is 2. The first kappa shape index (κ1) is 19.5. The summed E-state index contributed by atoms with van der Waals surface area (Å²) < 4.78 is 0. The minimum Gasteiger partial charge on any atom is -0.340 e. The summed E-state index contributed by atoms with van der Waals surface area (Å²) in [5.74, 6) is 2.16. The quantitative estimate of drug-likeness (QED) is 0.751. The molecule has 0 N–H and O–H groups in total. The Bertz CT molecular complexity index is 844. The van der Waals surface area contributed by atoms with Crippen LogP contribution < -0.4 is 0 Å². The summed E-state index contributed by atoms with van der Waals surface area (Å²) in [4.78, 5) is 32.2. The fraction of sp³-hybridized carbons (Fsp3) is 0.455. The van der Waals surface area contributed by atoms with Crippen LogP contribution in [0.5, 0.6) is 0 Å². The van der Waals surface area contributed by atoms with E-state index >= 15 is 0 Å². The van der Waals surface area contributed by atoms with E-state index in [1.807, 2.05) is 57.3 Å². The highest BCUT2D eigenvalue weighted by Crippen LogP contribution is 2.45. The Hall–Kier alpha value is -1.79. The van der Waals surface area contributed by atoms with E-state index in [-0.39, 0.29) is 23.8 Å². The molecule has 2 amide bonds. The maximum atomic E-state index is 13.7. The predicted molar refractivity (Wildman–Crippen MR) is 116 cm³/mol. The van der Waals surface area contributed by atoms with Crippen LogP contribution in [-0.2, 0) is 4.79 Å². The maximum Gasteiger partial charge on any atom is 0.254 e. The molecule has 0 radical (unpaired) electrons. The number of thiophene rings is 1. The number of hydrogen-bond donors (Lipinski definition) is 0. The first-order valence-electron chi connectivity index (χ1n) is 9.87. The summed E-state index contributed by atoms with van der Waals surface area (Å²) in [7, 11) is 0. The highest BCUT2D eigenvalue weighted by Gasteiger charge is 2.45. The molecule has 1 aromatic carbocycles. The standard InChI is InChI=1S/C22H26N2O2S2/c1-15(2)14-24-20(18-8-5-11-28-18)19(22(26)23-9-12-27-13-10-23)16-6-3-4-7-17(16)21(24)25/h3-8,11,15,19-20H,9-10,12-14H2,1-2H3. The van der Waals surface area contributed by atoms with Gasteiger partial charge in [0.25, 0.3) is 5.91 Å². The van der Waals surface area contributed by atoms with Crippen molar-refractivity contribution in [2.45, 2.75) is 25.8 Å². The Kier molecular flexibility index (Phi) is 5.78. The summed E-state index contributed by atoms with van der Waals surface area (Å²) in [5, 5.41) is 2.03. The molecule has 0 bridgehead atoms. The van der Waals surface area contributed by atoms with Crippen LogP contribution in [0.25, 0.3) is 0 Å². The molecule has 2 aliphatic heterocycles. The monoisotopic (exact) mass is 414 g/mol. The van der Waals surface area contributed by atoms with Crippen molar-refractivity contribution in [3.8, 4) is 0 Å². The van der Waals surface area contributed by atoms with Crippen LogP contribution in [0.15, 0.2) is 41.8 Å². The molecule has 28 heavy (non-hydrogen) atoms. The van der Waals surface area contributed by atoms with E-state index in [1.54, 1.807) is 11.3 Å². The lowest BCUT2D eigenvalue weighted by Gasteiger charge is -2.43. The van der Waals surface area contributed by atoms with Gasteiger partial charge in [0, 0.05) is 41.6 Å². The number of thioether (sulfide) groups is 1. The lowest BCUT2D eigenvalue weighted by Crippen LogP contribution is -2.50. The second-order valence-corrected chi connectivity index (χ2v) is 10.0. The molecule has 2 unspecified atom stereocenters. The van der Waals surface area contributed by atoms with E-state index in [0.717, 1.165) is 35.0 Å². The molecule has 3 heterocycles. The average Bonchev–Trinajstić information content (AvgIpc) is 3.24.